The van der Waals surface area contributed by atoms with E-state index in [0.29, 0.717) is 0 Å². The first-order chi connectivity index (χ1) is 4.83. The maximum atomic E-state index is 5.37. The van der Waals surface area contributed by atoms with Crippen LogP contribution < -0.4 is 0 Å². The van der Waals surface area contributed by atoms with E-state index < -0.39 is 0 Å². The van der Waals surface area contributed by atoms with Gasteiger partial charge in [-0.2, -0.15) is 0 Å². The second-order valence-corrected chi connectivity index (χ2v) is 2.39. The van der Waals surface area contributed by atoms with Gasteiger partial charge in [0.05, 0.1) is 5.76 Å². The third-order valence-corrected chi connectivity index (χ3v) is 1.50. The van der Waals surface area contributed by atoms with E-state index in [4.69, 9.17) is 9.47 Å². The minimum atomic E-state index is 0.00926. The summed E-state index contributed by atoms with van der Waals surface area (Å²) < 4.78 is 10.7. The first-order valence-electron chi connectivity index (χ1n) is 3.78. The van der Waals surface area contributed by atoms with Gasteiger partial charge in [-0.25, -0.2) is 0 Å². The molecule has 0 saturated carbocycles. The quantitative estimate of drug-likeness (QED) is 0.587. The zero-order valence-corrected chi connectivity index (χ0v) is 6.59. The van der Waals surface area contributed by atoms with Crippen LogP contribution in [0.25, 0.3) is 0 Å². The molecule has 0 bridgehead atoms. The van der Waals surface area contributed by atoms with Crippen LogP contribution in [0.5, 0.6) is 0 Å². The summed E-state index contributed by atoms with van der Waals surface area (Å²) in [6, 6.07) is 0. The van der Waals surface area contributed by atoms with Crippen LogP contribution in [-0.2, 0) is 9.47 Å². The molecule has 1 heterocycles. The normalized spacial score (nSPS) is 25.4. The summed E-state index contributed by atoms with van der Waals surface area (Å²) in [5.41, 5.74) is 0. The molecule has 0 aromatic carbocycles. The summed E-state index contributed by atoms with van der Waals surface area (Å²) >= 11 is 0. The number of allylic oxidation sites excluding steroid dienone is 2. The first kappa shape index (κ1) is 7.61. The predicted molar refractivity (Wildman–Crippen MR) is 39.5 cm³/mol. The molecule has 58 valence electrons. The molecule has 0 aliphatic carbocycles. The molecule has 0 saturated heterocycles. The minimum Gasteiger partial charge on any atom is -0.470 e. The van der Waals surface area contributed by atoms with Gasteiger partial charge in [-0.3, -0.25) is 0 Å². The van der Waals surface area contributed by atoms with Gasteiger partial charge in [0.1, 0.15) is 0 Å². The van der Waals surface area contributed by atoms with E-state index in [2.05, 4.69) is 6.08 Å². The number of ether oxygens (including phenoxy) is 2. The molecule has 1 rings (SSSR count). The van der Waals surface area contributed by atoms with Crippen molar-refractivity contribution in [2.75, 3.05) is 6.61 Å². The molecule has 0 spiro atoms. The van der Waals surface area contributed by atoms with Crippen molar-refractivity contribution in [2.45, 2.75) is 33.0 Å². The van der Waals surface area contributed by atoms with Crippen LogP contribution in [0.1, 0.15) is 26.7 Å². The Labute approximate surface area is 61.8 Å². The van der Waals surface area contributed by atoms with E-state index >= 15 is 0 Å². The summed E-state index contributed by atoms with van der Waals surface area (Å²) in [4.78, 5) is 0. The van der Waals surface area contributed by atoms with Gasteiger partial charge in [0.15, 0.2) is 6.29 Å². The van der Waals surface area contributed by atoms with Crippen molar-refractivity contribution >= 4 is 0 Å². The molecule has 10 heavy (non-hydrogen) atoms. The van der Waals surface area contributed by atoms with E-state index in [9.17, 15) is 0 Å². The highest BCUT2D eigenvalue weighted by atomic mass is 16.7. The van der Waals surface area contributed by atoms with Crippen molar-refractivity contribution in [3.05, 3.63) is 11.8 Å². The van der Waals surface area contributed by atoms with Gasteiger partial charge in [-0.05, 0) is 26.3 Å². The van der Waals surface area contributed by atoms with Crippen LogP contribution in [0, 0.1) is 0 Å². The molecule has 0 fully saturated rings. The van der Waals surface area contributed by atoms with Crippen LogP contribution in [0.15, 0.2) is 11.8 Å². The Morgan fingerprint density at radius 1 is 1.80 bits per heavy atom. The molecule has 1 atom stereocenters. The van der Waals surface area contributed by atoms with Crippen molar-refractivity contribution in [1.82, 2.24) is 0 Å². The third-order valence-electron chi connectivity index (χ3n) is 1.50. The highest BCUT2D eigenvalue weighted by molar-refractivity contribution is 4.92. The van der Waals surface area contributed by atoms with Gasteiger partial charge in [-0.15, -0.1) is 0 Å². The molecule has 0 amide bonds. The summed E-state index contributed by atoms with van der Waals surface area (Å²) in [6.45, 7) is 4.68. The van der Waals surface area contributed by atoms with Crippen LogP contribution in [-0.4, -0.2) is 12.9 Å². The van der Waals surface area contributed by atoms with E-state index in [-0.39, 0.29) is 6.29 Å². The Hall–Kier alpha value is -0.500. The lowest BCUT2D eigenvalue weighted by Gasteiger charge is -2.22. The maximum Gasteiger partial charge on any atom is 0.199 e. The lowest BCUT2D eigenvalue weighted by atomic mass is 10.2. The molecule has 0 aromatic heterocycles. The van der Waals surface area contributed by atoms with Gasteiger partial charge < -0.3 is 9.47 Å². The Bertz CT molecular complexity index is 129. The van der Waals surface area contributed by atoms with Crippen molar-refractivity contribution < 1.29 is 9.47 Å². The molecule has 2 heteroatoms. The first-order valence-corrected chi connectivity index (χ1v) is 3.78. The standard InChI is InChI=1S/C8H14O2/c1-3-9-8-6-4-5-7(2)10-8/h5,8H,3-4,6H2,1-2H3. The molecule has 1 aliphatic rings. The fourth-order valence-corrected chi connectivity index (χ4v) is 1.04. The van der Waals surface area contributed by atoms with Crippen molar-refractivity contribution in [1.29, 1.82) is 0 Å². The van der Waals surface area contributed by atoms with Crippen LogP contribution in [0.2, 0.25) is 0 Å². The van der Waals surface area contributed by atoms with E-state index in [0.717, 1.165) is 25.2 Å². The minimum absolute atomic E-state index is 0.00926. The van der Waals surface area contributed by atoms with Crippen molar-refractivity contribution in [2.24, 2.45) is 0 Å². The van der Waals surface area contributed by atoms with Gasteiger partial charge in [0.2, 0.25) is 0 Å². The largest absolute Gasteiger partial charge is 0.470 e. The third kappa shape index (κ3) is 2.03. The average molecular weight is 142 g/mol. The van der Waals surface area contributed by atoms with E-state index in [1.807, 2.05) is 13.8 Å². The topological polar surface area (TPSA) is 18.5 Å². The molecular weight excluding hydrogens is 128 g/mol. The second kappa shape index (κ2) is 3.62. The molecule has 1 aliphatic heterocycles. The number of rotatable bonds is 2. The predicted octanol–water partition coefficient (Wildman–Crippen LogP) is 2.06. The zero-order valence-electron chi connectivity index (χ0n) is 6.59. The fraction of sp³-hybridized carbons (Fsp3) is 0.750. The Kier molecular flexibility index (Phi) is 2.75. The molecule has 0 radical (unpaired) electrons. The molecular formula is C8H14O2. The highest BCUT2D eigenvalue weighted by Gasteiger charge is 2.12. The summed E-state index contributed by atoms with van der Waals surface area (Å²) in [7, 11) is 0. The van der Waals surface area contributed by atoms with Crippen molar-refractivity contribution in [3.63, 3.8) is 0 Å². The fourth-order valence-electron chi connectivity index (χ4n) is 1.04. The summed E-state index contributed by atoms with van der Waals surface area (Å²) in [6.07, 6.45) is 4.17. The van der Waals surface area contributed by atoms with Gasteiger partial charge in [-0.1, -0.05) is 0 Å². The molecule has 1 unspecified atom stereocenters. The Morgan fingerprint density at radius 3 is 3.20 bits per heavy atom. The smallest absolute Gasteiger partial charge is 0.199 e. The van der Waals surface area contributed by atoms with Gasteiger partial charge in [0.25, 0.3) is 0 Å². The number of hydrogen-bond donors (Lipinski definition) is 0. The molecule has 0 N–H and O–H groups in total. The Morgan fingerprint density at radius 2 is 2.60 bits per heavy atom. The summed E-state index contributed by atoms with van der Waals surface area (Å²) in [5.74, 6) is 0.990. The lowest BCUT2D eigenvalue weighted by molar-refractivity contribution is -0.121. The monoisotopic (exact) mass is 142 g/mol. The van der Waals surface area contributed by atoms with Gasteiger partial charge >= 0.3 is 0 Å². The molecule has 0 aromatic rings. The lowest BCUT2D eigenvalue weighted by Crippen LogP contribution is -2.18. The van der Waals surface area contributed by atoms with Gasteiger partial charge in [0, 0.05) is 13.0 Å². The number of hydrogen-bond acceptors (Lipinski definition) is 2. The highest BCUT2D eigenvalue weighted by Crippen LogP contribution is 2.16. The van der Waals surface area contributed by atoms with E-state index in [1.165, 1.54) is 0 Å². The van der Waals surface area contributed by atoms with Crippen LogP contribution in [0.3, 0.4) is 0 Å². The van der Waals surface area contributed by atoms with E-state index in [1.54, 1.807) is 0 Å². The second-order valence-electron chi connectivity index (χ2n) is 2.39. The average Bonchev–Trinajstić information content (AvgIpc) is 1.88. The summed E-state index contributed by atoms with van der Waals surface area (Å²) in [5, 5.41) is 0. The van der Waals surface area contributed by atoms with Crippen LogP contribution >= 0.6 is 0 Å². The maximum absolute atomic E-state index is 5.37. The SMILES string of the molecule is CCOC1CCC=C(C)O1. The Balaban J connectivity index is 2.30. The molecule has 2 nitrogen and oxygen atoms in total. The zero-order chi connectivity index (χ0) is 7.40. The van der Waals surface area contributed by atoms with Crippen LogP contribution in [0.4, 0.5) is 0 Å². The van der Waals surface area contributed by atoms with Crippen molar-refractivity contribution in [3.8, 4) is 0 Å².